The van der Waals surface area contributed by atoms with E-state index in [9.17, 15) is 0 Å². The minimum atomic E-state index is 0.963. The maximum absolute atomic E-state index is 2.42. The number of hydrogen-bond acceptors (Lipinski definition) is 2. The summed E-state index contributed by atoms with van der Waals surface area (Å²) in [6.45, 7) is 0. The van der Waals surface area contributed by atoms with Crippen molar-refractivity contribution in [1.29, 1.82) is 0 Å². The van der Waals surface area contributed by atoms with Gasteiger partial charge in [-0.1, -0.05) is 109 Å². The minimum absolute atomic E-state index is 0.963. The number of aromatic nitrogens is 1. The molecule has 0 fully saturated rings. The van der Waals surface area contributed by atoms with Crippen LogP contribution in [0.4, 0.5) is 17.1 Å². The van der Waals surface area contributed by atoms with E-state index < -0.39 is 0 Å². The van der Waals surface area contributed by atoms with E-state index in [1.165, 1.54) is 86.7 Å². The predicted octanol–water partition coefficient (Wildman–Crippen LogP) is 13.9. The number of para-hydroxylation sites is 2. The molecule has 3 heteroatoms. The number of hydrogen-bond donors (Lipinski definition) is 0. The number of fused-ring (bicyclic) bond motifs is 9. The zero-order chi connectivity index (χ0) is 34.2. The Morgan fingerprint density at radius 3 is 1.96 bits per heavy atom. The van der Waals surface area contributed by atoms with Crippen LogP contribution in [0.15, 0.2) is 182 Å². The molecule has 0 spiro atoms. The first-order chi connectivity index (χ1) is 25.8. The van der Waals surface area contributed by atoms with E-state index in [2.05, 4.69) is 191 Å². The zero-order valence-corrected chi connectivity index (χ0v) is 29.1. The lowest BCUT2D eigenvalue weighted by Crippen LogP contribution is -2.10. The molecule has 1 aliphatic carbocycles. The van der Waals surface area contributed by atoms with E-state index in [1.54, 1.807) is 0 Å². The number of nitrogens with zero attached hydrogens (tertiary/aromatic N) is 2. The molecule has 244 valence electrons. The van der Waals surface area contributed by atoms with Crippen molar-refractivity contribution >= 4 is 70.4 Å². The second-order valence-corrected chi connectivity index (χ2v) is 14.8. The molecule has 0 N–H and O–H groups in total. The number of benzene rings is 8. The van der Waals surface area contributed by atoms with Crippen LogP contribution in [0.3, 0.4) is 0 Å². The lowest BCUT2D eigenvalue weighted by Gasteiger charge is -2.26. The van der Waals surface area contributed by atoms with Crippen LogP contribution in [0.1, 0.15) is 11.1 Å². The van der Waals surface area contributed by atoms with Crippen molar-refractivity contribution in [2.24, 2.45) is 0 Å². The molecule has 0 radical (unpaired) electrons. The fraction of sp³-hybridized carbons (Fsp3) is 0.0204. The molecule has 2 aromatic heterocycles. The highest BCUT2D eigenvalue weighted by Crippen LogP contribution is 2.44. The summed E-state index contributed by atoms with van der Waals surface area (Å²) in [4.78, 5) is 2.42. The van der Waals surface area contributed by atoms with Gasteiger partial charge in [-0.05, 0) is 113 Å². The number of anilines is 3. The van der Waals surface area contributed by atoms with Crippen molar-refractivity contribution < 1.29 is 0 Å². The highest BCUT2D eigenvalue weighted by Gasteiger charge is 2.22. The van der Waals surface area contributed by atoms with Gasteiger partial charge in [-0.2, -0.15) is 0 Å². The quantitative estimate of drug-likeness (QED) is 0.176. The molecule has 10 aromatic rings. The SMILES string of the molecule is c1ccc(-n2c3ccccc3c3cc(-c4ccc(N(c5ccc6c(c5)Cc5ccccc5-6)c5ccc6c(c5)sc5ccccc56)cc4)ccc32)cc1. The Kier molecular flexibility index (Phi) is 6.52. The lowest BCUT2D eigenvalue weighted by atomic mass is 10.0. The zero-order valence-electron chi connectivity index (χ0n) is 28.3. The van der Waals surface area contributed by atoms with Gasteiger partial charge in [0.2, 0.25) is 0 Å². The molecule has 0 aliphatic heterocycles. The first kappa shape index (κ1) is 29.3. The fourth-order valence-electron chi connectivity index (χ4n) is 8.38. The van der Waals surface area contributed by atoms with Gasteiger partial charge in [0.05, 0.1) is 11.0 Å². The van der Waals surface area contributed by atoms with E-state index in [1.807, 2.05) is 11.3 Å². The Balaban J connectivity index is 1.03. The van der Waals surface area contributed by atoms with Gasteiger partial charge in [0.25, 0.3) is 0 Å². The highest BCUT2D eigenvalue weighted by atomic mass is 32.1. The van der Waals surface area contributed by atoms with Gasteiger partial charge in [-0.3, -0.25) is 0 Å². The second kappa shape index (κ2) is 11.6. The largest absolute Gasteiger partial charge is 0.310 e. The van der Waals surface area contributed by atoms with Gasteiger partial charge < -0.3 is 9.47 Å². The van der Waals surface area contributed by atoms with Crippen LogP contribution in [0.2, 0.25) is 0 Å². The topological polar surface area (TPSA) is 8.17 Å². The van der Waals surface area contributed by atoms with Crippen LogP contribution in [-0.4, -0.2) is 4.57 Å². The summed E-state index contributed by atoms with van der Waals surface area (Å²) in [5.41, 5.74) is 15.0. The van der Waals surface area contributed by atoms with Crippen LogP contribution in [-0.2, 0) is 6.42 Å². The molecule has 2 heterocycles. The maximum atomic E-state index is 2.42. The standard InChI is InChI=1S/C49H32N2S/c1-2-11-36(12-3-1)51-46-16-8-6-14-42(46)45-30-33(20-27-47(45)51)32-18-21-37(22-19-32)50(38-23-25-41-35(29-38)28-34-10-4-5-13-40(34)41)39-24-26-44-43-15-7-9-17-48(43)52-49(44)31-39/h1-27,29-31H,28H2. The van der Waals surface area contributed by atoms with Crippen LogP contribution in [0.25, 0.3) is 69.9 Å². The van der Waals surface area contributed by atoms with E-state index in [0.29, 0.717) is 0 Å². The first-order valence-corrected chi connectivity index (χ1v) is 18.7. The molecule has 1 aliphatic rings. The highest BCUT2D eigenvalue weighted by molar-refractivity contribution is 7.25. The van der Waals surface area contributed by atoms with Crippen molar-refractivity contribution in [3.8, 4) is 27.9 Å². The van der Waals surface area contributed by atoms with E-state index in [0.717, 1.165) is 17.8 Å². The van der Waals surface area contributed by atoms with Gasteiger partial charge in [-0.25, -0.2) is 0 Å². The van der Waals surface area contributed by atoms with Gasteiger partial charge in [0.15, 0.2) is 0 Å². The molecule has 0 amide bonds. The number of thiophene rings is 1. The third-order valence-corrected chi connectivity index (χ3v) is 11.9. The van der Waals surface area contributed by atoms with Crippen molar-refractivity contribution in [1.82, 2.24) is 4.57 Å². The van der Waals surface area contributed by atoms with Gasteiger partial charge in [0, 0.05) is 53.7 Å². The molecular weight excluding hydrogens is 649 g/mol. The monoisotopic (exact) mass is 680 g/mol. The van der Waals surface area contributed by atoms with Crippen molar-refractivity contribution in [3.63, 3.8) is 0 Å². The smallest absolute Gasteiger partial charge is 0.0541 e. The van der Waals surface area contributed by atoms with E-state index in [4.69, 9.17) is 0 Å². The molecular formula is C49H32N2S. The van der Waals surface area contributed by atoms with Crippen LogP contribution < -0.4 is 4.90 Å². The van der Waals surface area contributed by atoms with Crippen LogP contribution >= 0.6 is 11.3 Å². The normalized spacial score (nSPS) is 12.2. The van der Waals surface area contributed by atoms with Gasteiger partial charge >= 0.3 is 0 Å². The van der Waals surface area contributed by atoms with E-state index in [-0.39, 0.29) is 0 Å². The average molecular weight is 681 g/mol. The van der Waals surface area contributed by atoms with E-state index >= 15 is 0 Å². The van der Waals surface area contributed by atoms with Crippen molar-refractivity contribution in [2.45, 2.75) is 6.42 Å². The molecule has 0 unspecified atom stereocenters. The van der Waals surface area contributed by atoms with Gasteiger partial charge in [-0.15, -0.1) is 11.3 Å². The molecule has 52 heavy (non-hydrogen) atoms. The molecule has 8 aromatic carbocycles. The molecule has 2 nitrogen and oxygen atoms in total. The Bertz CT molecular complexity index is 2990. The summed E-state index contributed by atoms with van der Waals surface area (Å²) < 4.78 is 5.00. The van der Waals surface area contributed by atoms with Gasteiger partial charge in [0.1, 0.15) is 0 Å². The Hall–Kier alpha value is -6.42. The Morgan fingerprint density at radius 2 is 1.06 bits per heavy atom. The first-order valence-electron chi connectivity index (χ1n) is 17.9. The molecule has 0 atom stereocenters. The summed E-state index contributed by atoms with van der Waals surface area (Å²) >= 11 is 1.87. The molecule has 0 saturated carbocycles. The molecule has 11 rings (SSSR count). The van der Waals surface area contributed by atoms with Crippen molar-refractivity contribution in [2.75, 3.05) is 4.90 Å². The Morgan fingerprint density at radius 1 is 0.404 bits per heavy atom. The summed E-state index contributed by atoms with van der Waals surface area (Å²) in [7, 11) is 0. The molecule has 0 saturated heterocycles. The summed E-state index contributed by atoms with van der Waals surface area (Å²) in [6.07, 6.45) is 0.963. The average Bonchev–Trinajstić information content (AvgIpc) is 3.87. The predicted molar refractivity (Wildman–Crippen MR) is 222 cm³/mol. The van der Waals surface area contributed by atoms with Crippen LogP contribution in [0.5, 0.6) is 0 Å². The fourth-order valence-corrected chi connectivity index (χ4v) is 9.52. The minimum Gasteiger partial charge on any atom is -0.310 e. The summed E-state index contributed by atoms with van der Waals surface area (Å²) in [5, 5.41) is 5.16. The second-order valence-electron chi connectivity index (χ2n) is 13.8. The van der Waals surface area contributed by atoms with Crippen LogP contribution in [0, 0.1) is 0 Å². The summed E-state index contributed by atoms with van der Waals surface area (Å²) in [6, 6.07) is 66.9. The summed E-state index contributed by atoms with van der Waals surface area (Å²) in [5.74, 6) is 0. The van der Waals surface area contributed by atoms with Crippen molar-refractivity contribution in [3.05, 3.63) is 193 Å². The maximum Gasteiger partial charge on any atom is 0.0541 e. The molecule has 0 bridgehead atoms. The lowest BCUT2D eigenvalue weighted by molar-refractivity contribution is 1.18. The third kappa shape index (κ3) is 4.56. The number of rotatable bonds is 5. The third-order valence-electron chi connectivity index (χ3n) is 10.8. The Labute approximate surface area is 306 Å².